The third-order valence-corrected chi connectivity index (χ3v) is 7.29. The van der Waals surface area contributed by atoms with Crippen LogP contribution < -0.4 is 9.47 Å². The van der Waals surface area contributed by atoms with Gasteiger partial charge < -0.3 is 9.47 Å². The first-order valence-electron chi connectivity index (χ1n) is 12.5. The highest BCUT2D eigenvalue weighted by molar-refractivity contribution is 5.35. The number of halogens is 2. The van der Waals surface area contributed by atoms with Gasteiger partial charge in [0.15, 0.2) is 11.5 Å². The highest BCUT2D eigenvalue weighted by Crippen LogP contribution is 2.42. The third-order valence-electron chi connectivity index (χ3n) is 7.29. The quantitative estimate of drug-likeness (QED) is 0.346. The van der Waals surface area contributed by atoms with Crippen molar-refractivity contribution in [2.45, 2.75) is 84.5 Å². The van der Waals surface area contributed by atoms with Gasteiger partial charge in [-0.1, -0.05) is 51.7 Å². The van der Waals surface area contributed by atoms with Crippen molar-refractivity contribution in [3.8, 4) is 11.5 Å². The molecule has 0 amide bonds. The minimum absolute atomic E-state index is 0.0575. The average molecular weight is 435 g/mol. The molecule has 2 aliphatic carbocycles. The zero-order valence-electron chi connectivity index (χ0n) is 19.4. The molecule has 0 radical (unpaired) electrons. The van der Waals surface area contributed by atoms with Crippen LogP contribution >= 0.6 is 0 Å². The van der Waals surface area contributed by atoms with E-state index < -0.39 is 11.6 Å². The van der Waals surface area contributed by atoms with Gasteiger partial charge in [-0.15, -0.1) is 0 Å². The van der Waals surface area contributed by atoms with Gasteiger partial charge in [0.25, 0.3) is 0 Å². The van der Waals surface area contributed by atoms with Gasteiger partial charge in [0.05, 0.1) is 6.61 Å². The minimum atomic E-state index is -0.976. The standard InChI is InChI=1S/C27H40F2O2/c1-3-6-20-8-12-22(13-9-20)23-14-10-21(11-15-23)7-5-19-31-25-17-16-24(30-18-4-2)26(28)27(25)29/h5,7,16-17,20-23H,3-4,6,8-15,18-19H2,1-2H3/b7-5+/t20-,21?,22-,23?. The van der Waals surface area contributed by atoms with E-state index in [1.165, 1.54) is 76.3 Å². The van der Waals surface area contributed by atoms with Gasteiger partial charge in [0, 0.05) is 0 Å². The van der Waals surface area contributed by atoms with Crippen LogP contribution in [0.2, 0.25) is 0 Å². The van der Waals surface area contributed by atoms with Gasteiger partial charge in [0.2, 0.25) is 11.6 Å². The Labute approximate surface area is 187 Å². The van der Waals surface area contributed by atoms with E-state index in [-0.39, 0.29) is 18.1 Å². The largest absolute Gasteiger partial charge is 0.490 e. The Morgan fingerprint density at radius 3 is 1.97 bits per heavy atom. The summed E-state index contributed by atoms with van der Waals surface area (Å²) < 4.78 is 38.9. The summed E-state index contributed by atoms with van der Waals surface area (Å²) in [6, 6.07) is 2.88. The Morgan fingerprint density at radius 1 is 0.806 bits per heavy atom. The fourth-order valence-electron chi connectivity index (χ4n) is 5.50. The van der Waals surface area contributed by atoms with E-state index in [0.29, 0.717) is 12.5 Å². The highest BCUT2D eigenvalue weighted by atomic mass is 19.2. The van der Waals surface area contributed by atoms with E-state index in [4.69, 9.17) is 9.47 Å². The molecule has 3 rings (SSSR count). The molecule has 0 aliphatic heterocycles. The fourth-order valence-corrected chi connectivity index (χ4v) is 5.50. The van der Waals surface area contributed by atoms with Gasteiger partial charge in [-0.2, -0.15) is 8.78 Å². The number of hydrogen-bond acceptors (Lipinski definition) is 2. The Bertz CT molecular complexity index is 687. The SMILES string of the molecule is CCCOc1ccc(OC/C=C/C2CCC([C@H]3CC[C@H](CCC)CC3)CC2)c(F)c1F. The van der Waals surface area contributed by atoms with Crippen LogP contribution in [0.3, 0.4) is 0 Å². The summed E-state index contributed by atoms with van der Waals surface area (Å²) in [7, 11) is 0. The van der Waals surface area contributed by atoms with E-state index in [1.807, 2.05) is 13.0 Å². The van der Waals surface area contributed by atoms with Crippen LogP contribution in [0.5, 0.6) is 11.5 Å². The molecule has 0 unspecified atom stereocenters. The molecule has 0 atom stereocenters. The molecule has 1 aromatic carbocycles. The monoisotopic (exact) mass is 434 g/mol. The van der Waals surface area contributed by atoms with Gasteiger partial charge in [-0.25, -0.2) is 0 Å². The summed E-state index contributed by atoms with van der Waals surface area (Å²) in [5.74, 6) is 1.36. The smallest absolute Gasteiger partial charge is 0.204 e. The van der Waals surface area contributed by atoms with Gasteiger partial charge in [-0.05, 0) is 80.8 Å². The summed E-state index contributed by atoms with van der Waals surface area (Å²) in [6.07, 6.45) is 18.6. The average Bonchev–Trinajstić information content (AvgIpc) is 2.80. The van der Waals surface area contributed by atoms with E-state index in [2.05, 4.69) is 13.0 Å². The molecule has 31 heavy (non-hydrogen) atoms. The van der Waals surface area contributed by atoms with Crippen LogP contribution in [0, 0.1) is 35.3 Å². The van der Waals surface area contributed by atoms with Crippen LogP contribution in [0.1, 0.15) is 84.5 Å². The van der Waals surface area contributed by atoms with E-state index >= 15 is 0 Å². The molecule has 2 aliphatic rings. The molecule has 0 saturated heterocycles. The summed E-state index contributed by atoms with van der Waals surface area (Å²) in [4.78, 5) is 0. The number of benzene rings is 1. The fraction of sp³-hybridized carbons (Fsp3) is 0.704. The lowest BCUT2D eigenvalue weighted by molar-refractivity contribution is 0.152. The molecule has 0 spiro atoms. The van der Waals surface area contributed by atoms with Crippen molar-refractivity contribution in [1.29, 1.82) is 0 Å². The molecule has 2 saturated carbocycles. The molecule has 0 N–H and O–H groups in total. The zero-order valence-corrected chi connectivity index (χ0v) is 19.4. The Morgan fingerprint density at radius 2 is 1.39 bits per heavy atom. The molecule has 2 nitrogen and oxygen atoms in total. The summed E-state index contributed by atoms with van der Waals surface area (Å²) >= 11 is 0. The van der Waals surface area contributed by atoms with E-state index in [9.17, 15) is 8.78 Å². The predicted octanol–water partition coefficient (Wildman–Crippen LogP) is 8.10. The molecule has 174 valence electrons. The second-order valence-corrected chi connectivity index (χ2v) is 9.52. The Kier molecular flexibility index (Phi) is 9.67. The van der Waals surface area contributed by atoms with E-state index in [1.54, 1.807) is 0 Å². The van der Waals surface area contributed by atoms with E-state index in [0.717, 1.165) is 24.2 Å². The molecular formula is C27H40F2O2. The molecule has 0 heterocycles. The molecule has 1 aromatic rings. The first-order valence-corrected chi connectivity index (χ1v) is 12.5. The second-order valence-electron chi connectivity index (χ2n) is 9.52. The van der Waals surface area contributed by atoms with Crippen LogP contribution in [-0.2, 0) is 0 Å². The maximum Gasteiger partial charge on any atom is 0.204 e. The molecule has 2 fully saturated rings. The first kappa shape index (κ1) is 24.1. The summed E-state index contributed by atoms with van der Waals surface area (Å²) in [5, 5.41) is 0. The van der Waals surface area contributed by atoms with Gasteiger partial charge >= 0.3 is 0 Å². The topological polar surface area (TPSA) is 18.5 Å². The van der Waals surface area contributed by atoms with Crippen molar-refractivity contribution in [1.82, 2.24) is 0 Å². The predicted molar refractivity (Wildman–Crippen MR) is 123 cm³/mol. The van der Waals surface area contributed by atoms with Crippen LogP contribution in [-0.4, -0.2) is 13.2 Å². The Hall–Kier alpha value is -1.58. The minimum Gasteiger partial charge on any atom is -0.490 e. The molecule has 0 aromatic heterocycles. The summed E-state index contributed by atoms with van der Waals surface area (Å²) in [5.41, 5.74) is 0. The van der Waals surface area contributed by atoms with Crippen LogP contribution in [0.4, 0.5) is 8.78 Å². The van der Waals surface area contributed by atoms with Crippen molar-refractivity contribution in [3.05, 3.63) is 35.9 Å². The normalized spacial score (nSPS) is 26.8. The first-order chi connectivity index (χ1) is 15.1. The molecule has 4 heteroatoms. The van der Waals surface area contributed by atoms with Crippen molar-refractivity contribution >= 4 is 0 Å². The van der Waals surface area contributed by atoms with Crippen molar-refractivity contribution in [2.24, 2.45) is 23.7 Å². The Balaban J connectivity index is 1.38. The number of ether oxygens (including phenoxy) is 2. The molecular weight excluding hydrogens is 394 g/mol. The van der Waals surface area contributed by atoms with Gasteiger partial charge in [0.1, 0.15) is 6.61 Å². The third kappa shape index (κ3) is 6.95. The van der Waals surface area contributed by atoms with Crippen molar-refractivity contribution in [2.75, 3.05) is 13.2 Å². The van der Waals surface area contributed by atoms with Crippen LogP contribution in [0.25, 0.3) is 0 Å². The van der Waals surface area contributed by atoms with Gasteiger partial charge in [-0.3, -0.25) is 0 Å². The maximum atomic E-state index is 14.2. The summed E-state index contributed by atoms with van der Waals surface area (Å²) in [6.45, 7) is 4.84. The second kappa shape index (κ2) is 12.5. The lowest BCUT2D eigenvalue weighted by Gasteiger charge is -2.37. The van der Waals surface area contributed by atoms with Crippen molar-refractivity contribution in [3.63, 3.8) is 0 Å². The maximum absolute atomic E-state index is 14.2. The van der Waals surface area contributed by atoms with Crippen molar-refractivity contribution < 1.29 is 18.3 Å². The lowest BCUT2D eigenvalue weighted by Crippen LogP contribution is -2.25. The zero-order chi connectivity index (χ0) is 22.1. The molecule has 0 bridgehead atoms. The highest BCUT2D eigenvalue weighted by Gasteiger charge is 2.30. The lowest BCUT2D eigenvalue weighted by atomic mass is 9.69. The van der Waals surface area contributed by atoms with Crippen LogP contribution in [0.15, 0.2) is 24.3 Å². The number of hydrogen-bond donors (Lipinski definition) is 0. The number of allylic oxidation sites excluding steroid dienone is 1. The number of rotatable bonds is 10.